The Morgan fingerprint density at radius 1 is 1.03 bits per heavy atom. The summed E-state index contributed by atoms with van der Waals surface area (Å²) in [4.78, 5) is 17.2. The summed E-state index contributed by atoms with van der Waals surface area (Å²) >= 11 is 0. The van der Waals surface area contributed by atoms with Crippen molar-refractivity contribution in [3.05, 3.63) is 65.0 Å². The number of nitrogens with zero attached hydrogens (tertiary/aromatic N) is 2. The molecule has 0 aliphatic heterocycles. The number of hydrogen-bond acceptors (Lipinski definition) is 4. The van der Waals surface area contributed by atoms with Gasteiger partial charge in [0.05, 0.1) is 17.7 Å². The van der Waals surface area contributed by atoms with Crippen LogP contribution >= 0.6 is 0 Å². The molecule has 1 heterocycles. The molecule has 152 valence electrons. The number of benzene rings is 2. The zero-order valence-corrected chi connectivity index (χ0v) is 17.8. The molecule has 0 bridgehead atoms. The van der Waals surface area contributed by atoms with Crippen molar-refractivity contribution in [2.24, 2.45) is 5.92 Å². The molecule has 0 radical (unpaired) electrons. The van der Waals surface area contributed by atoms with Crippen LogP contribution in [0.15, 0.2) is 47.0 Å². The normalized spacial score (nSPS) is 11.3. The van der Waals surface area contributed by atoms with Crippen LogP contribution in [0.5, 0.6) is 0 Å². The SMILES string of the molecule is Cc1cccc(-c2nc(C(C)C)no2)c1NC(=O)Cc1ccc(CC(C)C)cc1. The van der Waals surface area contributed by atoms with E-state index < -0.39 is 0 Å². The molecule has 5 nitrogen and oxygen atoms in total. The lowest BCUT2D eigenvalue weighted by molar-refractivity contribution is -0.115. The summed E-state index contributed by atoms with van der Waals surface area (Å²) in [6.45, 7) is 10.4. The van der Waals surface area contributed by atoms with Gasteiger partial charge in [0, 0.05) is 5.92 Å². The Morgan fingerprint density at radius 3 is 2.34 bits per heavy atom. The van der Waals surface area contributed by atoms with Crippen molar-refractivity contribution >= 4 is 11.6 Å². The van der Waals surface area contributed by atoms with Gasteiger partial charge < -0.3 is 9.84 Å². The molecule has 0 saturated heterocycles. The second kappa shape index (κ2) is 9.03. The molecule has 1 aromatic heterocycles. The Balaban J connectivity index is 1.76. The van der Waals surface area contributed by atoms with E-state index >= 15 is 0 Å². The van der Waals surface area contributed by atoms with Gasteiger partial charge in [0.15, 0.2) is 5.82 Å². The number of aromatic nitrogens is 2. The van der Waals surface area contributed by atoms with Crippen molar-refractivity contribution in [2.45, 2.75) is 53.4 Å². The van der Waals surface area contributed by atoms with Crippen LogP contribution < -0.4 is 5.32 Å². The summed E-state index contributed by atoms with van der Waals surface area (Å²) < 4.78 is 5.44. The average Bonchev–Trinajstić information content (AvgIpc) is 3.15. The molecule has 0 aliphatic carbocycles. The van der Waals surface area contributed by atoms with Gasteiger partial charge in [0.25, 0.3) is 5.89 Å². The molecule has 0 fully saturated rings. The van der Waals surface area contributed by atoms with Crippen LogP contribution in [0.3, 0.4) is 0 Å². The Morgan fingerprint density at radius 2 is 1.72 bits per heavy atom. The fraction of sp³-hybridized carbons (Fsp3) is 0.375. The number of rotatable bonds is 7. The Hall–Kier alpha value is -2.95. The molecule has 1 amide bonds. The van der Waals surface area contributed by atoms with E-state index in [9.17, 15) is 4.79 Å². The van der Waals surface area contributed by atoms with Crippen molar-refractivity contribution in [3.8, 4) is 11.5 Å². The van der Waals surface area contributed by atoms with Crippen LogP contribution in [0.1, 0.15) is 56.1 Å². The first kappa shape index (κ1) is 20.8. The van der Waals surface area contributed by atoms with E-state index in [1.807, 2.05) is 51.1 Å². The molecule has 1 N–H and O–H groups in total. The minimum Gasteiger partial charge on any atom is -0.334 e. The maximum Gasteiger partial charge on any atom is 0.260 e. The highest BCUT2D eigenvalue weighted by Gasteiger charge is 2.17. The summed E-state index contributed by atoms with van der Waals surface area (Å²) in [5, 5.41) is 7.08. The maximum absolute atomic E-state index is 12.7. The molecule has 3 rings (SSSR count). The molecule has 0 saturated carbocycles. The zero-order chi connectivity index (χ0) is 21.0. The maximum atomic E-state index is 12.7. The molecular weight excluding hydrogens is 362 g/mol. The van der Waals surface area contributed by atoms with Crippen LogP contribution in [0.25, 0.3) is 11.5 Å². The predicted octanol–water partition coefficient (Wildman–Crippen LogP) is 5.55. The van der Waals surface area contributed by atoms with E-state index in [-0.39, 0.29) is 11.8 Å². The highest BCUT2D eigenvalue weighted by atomic mass is 16.5. The highest BCUT2D eigenvalue weighted by Crippen LogP contribution is 2.30. The van der Waals surface area contributed by atoms with E-state index in [1.165, 1.54) is 5.56 Å². The van der Waals surface area contributed by atoms with Crippen molar-refractivity contribution in [1.29, 1.82) is 0 Å². The van der Waals surface area contributed by atoms with Gasteiger partial charge in [-0.3, -0.25) is 4.79 Å². The molecule has 5 heteroatoms. The van der Waals surface area contributed by atoms with Gasteiger partial charge in [-0.15, -0.1) is 0 Å². The number of anilines is 1. The smallest absolute Gasteiger partial charge is 0.260 e. The molecular formula is C24H29N3O2. The highest BCUT2D eigenvalue weighted by molar-refractivity contribution is 5.96. The minimum atomic E-state index is -0.0687. The third kappa shape index (κ3) is 5.31. The Bertz CT molecular complexity index is 972. The average molecular weight is 392 g/mol. The molecule has 29 heavy (non-hydrogen) atoms. The summed E-state index contributed by atoms with van der Waals surface area (Å²) in [5.74, 6) is 1.80. The summed E-state index contributed by atoms with van der Waals surface area (Å²) in [5.41, 5.74) is 4.69. The quantitative estimate of drug-likeness (QED) is 0.573. The van der Waals surface area contributed by atoms with Crippen LogP contribution in [-0.2, 0) is 17.6 Å². The molecule has 2 aromatic carbocycles. The first-order chi connectivity index (χ1) is 13.8. The van der Waals surface area contributed by atoms with Crippen LogP contribution in [0, 0.1) is 12.8 Å². The van der Waals surface area contributed by atoms with Gasteiger partial charge in [-0.1, -0.05) is 69.2 Å². The lowest BCUT2D eigenvalue weighted by Gasteiger charge is -2.12. The van der Waals surface area contributed by atoms with Crippen molar-refractivity contribution in [3.63, 3.8) is 0 Å². The molecule has 3 aromatic rings. The van der Waals surface area contributed by atoms with Gasteiger partial charge in [0.2, 0.25) is 5.91 Å². The number of carbonyl (C=O) groups excluding carboxylic acids is 1. The second-order valence-electron chi connectivity index (χ2n) is 8.25. The standard InChI is InChI=1S/C24H29N3O2/c1-15(2)13-18-9-11-19(12-10-18)14-21(28)25-22-17(5)7-6-8-20(22)24-26-23(16(3)4)27-29-24/h6-12,15-16H,13-14H2,1-5H3,(H,25,28). The molecule has 0 atom stereocenters. The molecule has 0 unspecified atom stereocenters. The predicted molar refractivity (Wildman–Crippen MR) is 116 cm³/mol. The first-order valence-electron chi connectivity index (χ1n) is 10.1. The van der Waals surface area contributed by atoms with E-state index in [0.717, 1.165) is 23.1 Å². The number of amides is 1. The number of aryl methyl sites for hydroxylation is 1. The topological polar surface area (TPSA) is 68.0 Å². The monoisotopic (exact) mass is 391 g/mol. The summed E-state index contributed by atoms with van der Waals surface area (Å²) in [6, 6.07) is 14.0. The summed E-state index contributed by atoms with van der Waals surface area (Å²) in [7, 11) is 0. The Labute approximate surface area is 172 Å². The summed E-state index contributed by atoms with van der Waals surface area (Å²) in [6.07, 6.45) is 1.36. The molecule has 0 aliphatic rings. The van der Waals surface area contributed by atoms with E-state index in [1.54, 1.807) is 0 Å². The second-order valence-corrected chi connectivity index (χ2v) is 8.25. The number of hydrogen-bond donors (Lipinski definition) is 1. The van der Waals surface area contributed by atoms with E-state index in [0.29, 0.717) is 29.7 Å². The number of nitrogens with one attached hydrogen (secondary N) is 1. The lowest BCUT2D eigenvalue weighted by Crippen LogP contribution is -2.16. The van der Waals surface area contributed by atoms with Crippen molar-refractivity contribution in [1.82, 2.24) is 10.1 Å². The largest absolute Gasteiger partial charge is 0.334 e. The van der Waals surface area contributed by atoms with Gasteiger partial charge in [-0.25, -0.2) is 0 Å². The van der Waals surface area contributed by atoms with Gasteiger partial charge in [-0.2, -0.15) is 4.98 Å². The minimum absolute atomic E-state index is 0.0687. The van der Waals surface area contributed by atoms with E-state index in [4.69, 9.17) is 4.52 Å². The zero-order valence-electron chi connectivity index (χ0n) is 17.8. The third-order valence-corrected chi connectivity index (χ3v) is 4.76. The lowest BCUT2D eigenvalue weighted by atomic mass is 10.0. The number of carbonyl (C=O) groups is 1. The van der Waals surface area contributed by atoms with Crippen molar-refractivity contribution < 1.29 is 9.32 Å². The van der Waals surface area contributed by atoms with Crippen LogP contribution in [0.4, 0.5) is 5.69 Å². The van der Waals surface area contributed by atoms with Gasteiger partial charge in [0.1, 0.15) is 0 Å². The molecule has 0 spiro atoms. The fourth-order valence-electron chi connectivity index (χ4n) is 3.22. The van der Waals surface area contributed by atoms with E-state index in [2.05, 4.69) is 41.4 Å². The Kier molecular flexibility index (Phi) is 6.47. The van der Waals surface area contributed by atoms with Gasteiger partial charge >= 0.3 is 0 Å². The van der Waals surface area contributed by atoms with Crippen LogP contribution in [-0.4, -0.2) is 16.0 Å². The fourth-order valence-corrected chi connectivity index (χ4v) is 3.22. The van der Waals surface area contributed by atoms with Crippen molar-refractivity contribution in [2.75, 3.05) is 5.32 Å². The third-order valence-electron chi connectivity index (χ3n) is 4.76. The first-order valence-corrected chi connectivity index (χ1v) is 10.1. The number of para-hydroxylation sites is 1. The van der Waals surface area contributed by atoms with Gasteiger partial charge in [-0.05, 0) is 42.0 Å². The van der Waals surface area contributed by atoms with Crippen LogP contribution in [0.2, 0.25) is 0 Å².